The highest BCUT2D eigenvalue weighted by Gasteiger charge is 2.26. The molecule has 5 heteroatoms. The van der Waals surface area contributed by atoms with Crippen molar-refractivity contribution in [2.24, 2.45) is 5.92 Å². The zero-order valence-corrected chi connectivity index (χ0v) is 7.52. The van der Waals surface area contributed by atoms with Gasteiger partial charge in [-0.1, -0.05) is 0 Å². The van der Waals surface area contributed by atoms with E-state index in [1.807, 2.05) is 0 Å². The van der Waals surface area contributed by atoms with E-state index in [1.165, 1.54) is 11.8 Å². The predicted octanol–water partition coefficient (Wildman–Crippen LogP) is -0.434. The maximum atomic E-state index is 11.4. The third-order valence-electron chi connectivity index (χ3n) is 2.06. The summed E-state index contributed by atoms with van der Waals surface area (Å²) >= 11 is 0. The van der Waals surface area contributed by atoms with Crippen LogP contribution < -0.4 is 0 Å². The van der Waals surface area contributed by atoms with Crippen molar-refractivity contribution in [2.45, 2.75) is 6.92 Å². The highest BCUT2D eigenvalue weighted by molar-refractivity contribution is 5.96. The number of hydrogen-bond donors (Lipinski definition) is 1. The van der Waals surface area contributed by atoms with Gasteiger partial charge in [0.1, 0.15) is 5.92 Å². The van der Waals surface area contributed by atoms with Crippen molar-refractivity contribution in [2.75, 3.05) is 26.3 Å². The molecule has 0 spiro atoms. The molecule has 0 aliphatic carbocycles. The average molecular weight is 187 g/mol. The van der Waals surface area contributed by atoms with Crippen molar-refractivity contribution < 1.29 is 19.4 Å². The van der Waals surface area contributed by atoms with Crippen LogP contribution in [0.3, 0.4) is 0 Å². The van der Waals surface area contributed by atoms with Crippen molar-refractivity contribution >= 4 is 11.9 Å². The maximum Gasteiger partial charge on any atom is 0.315 e. The molecule has 1 aliphatic heterocycles. The van der Waals surface area contributed by atoms with E-state index in [0.29, 0.717) is 26.3 Å². The summed E-state index contributed by atoms with van der Waals surface area (Å²) in [5.41, 5.74) is 0. The molecule has 1 rings (SSSR count). The SMILES string of the molecule is CC(C(=O)O)C(=O)N1CCOCC1. The number of amides is 1. The molecular formula is C8H13NO4. The van der Waals surface area contributed by atoms with Crippen LogP contribution >= 0.6 is 0 Å². The second-order valence-electron chi connectivity index (χ2n) is 3.00. The molecule has 74 valence electrons. The lowest BCUT2D eigenvalue weighted by Gasteiger charge is -2.28. The Labute approximate surface area is 76.3 Å². The number of ether oxygens (including phenoxy) is 1. The van der Waals surface area contributed by atoms with Crippen LogP contribution in [0.4, 0.5) is 0 Å². The molecule has 1 heterocycles. The van der Waals surface area contributed by atoms with Gasteiger partial charge in [-0.2, -0.15) is 0 Å². The van der Waals surface area contributed by atoms with Crippen LogP contribution in [0.5, 0.6) is 0 Å². The maximum absolute atomic E-state index is 11.4. The molecule has 0 aromatic rings. The van der Waals surface area contributed by atoms with Gasteiger partial charge in [-0.15, -0.1) is 0 Å². The summed E-state index contributed by atoms with van der Waals surface area (Å²) in [6.07, 6.45) is 0. The number of carbonyl (C=O) groups is 2. The highest BCUT2D eigenvalue weighted by atomic mass is 16.5. The van der Waals surface area contributed by atoms with Crippen LogP contribution in [-0.2, 0) is 14.3 Å². The first-order valence-corrected chi connectivity index (χ1v) is 4.22. The lowest BCUT2D eigenvalue weighted by molar-refractivity contribution is -0.152. The van der Waals surface area contributed by atoms with Gasteiger partial charge >= 0.3 is 5.97 Å². The van der Waals surface area contributed by atoms with Gasteiger partial charge in [0.2, 0.25) is 5.91 Å². The zero-order valence-electron chi connectivity index (χ0n) is 7.52. The van der Waals surface area contributed by atoms with Gasteiger partial charge in [0.25, 0.3) is 0 Å². The second-order valence-corrected chi connectivity index (χ2v) is 3.00. The first-order valence-electron chi connectivity index (χ1n) is 4.22. The fourth-order valence-electron chi connectivity index (χ4n) is 1.16. The molecule has 1 atom stereocenters. The largest absolute Gasteiger partial charge is 0.481 e. The minimum Gasteiger partial charge on any atom is -0.481 e. The molecule has 0 aromatic heterocycles. The Balaban J connectivity index is 2.50. The van der Waals surface area contributed by atoms with Crippen LogP contribution in [0.2, 0.25) is 0 Å². The predicted molar refractivity (Wildman–Crippen MR) is 44.2 cm³/mol. The number of morpholine rings is 1. The Morgan fingerprint density at radius 3 is 2.38 bits per heavy atom. The minimum atomic E-state index is -1.07. The van der Waals surface area contributed by atoms with E-state index in [9.17, 15) is 9.59 Å². The van der Waals surface area contributed by atoms with Crippen LogP contribution in [0.1, 0.15) is 6.92 Å². The number of nitrogens with zero attached hydrogens (tertiary/aromatic N) is 1. The van der Waals surface area contributed by atoms with Crippen molar-refractivity contribution in [3.63, 3.8) is 0 Å². The van der Waals surface area contributed by atoms with Crippen molar-refractivity contribution in [1.82, 2.24) is 4.90 Å². The molecule has 1 unspecified atom stereocenters. The lowest BCUT2D eigenvalue weighted by atomic mass is 10.1. The third-order valence-corrected chi connectivity index (χ3v) is 2.06. The monoisotopic (exact) mass is 187 g/mol. The van der Waals surface area contributed by atoms with Crippen molar-refractivity contribution in [1.29, 1.82) is 0 Å². The summed E-state index contributed by atoms with van der Waals surface area (Å²) in [6.45, 7) is 3.39. The molecule has 0 bridgehead atoms. The normalized spacial score (nSPS) is 19.6. The summed E-state index contributed by atoms with van der Waals surface area (Å²) in [5.74, 6) is -2.34. The molecule has 1 fully saturated rings. The van der Waals surface area contributed by atoms with Crippen LogP contribution in [0.15, 0.2) is 0 Å². The van der Waals surface area contributed by atoms with Gasteiger partial charge in [-0.3, -0.25) is 9.59 Å². The number of carboxylic acid groups (broad SMARTS) is 1. The van der Waals surface area contributed by atoms with Gasteiger partial charge in [0, 0.05) is 13.1 Å². The number of rotatable bonds is 2. The fourth-order valence-corrected chi connectivity index (χ4v) is 1.16. The van der Waals surface area contributed by atoms with Crippen molar-refractivity contribution in [3.8, 4) is 0 Å². The van der Waals surface area contributed by atoms with Crippen LogP contribution in [-0.4, -0.2) is 48.2 Å². The number of hydrogen-bond acceptors (Lipinski definition) is 3. The van der Waals surface area contributed by atoms with E-state index in [4.69, 9.17) is 9.84 Å². The Morgan fingerprint density at radius 1 is 1.38 bits per heavy atom. The molecule has 0 saturated carbocycles. The molecule has 0 aromatic carbocycles. The lowest BCUT2D eigenvalue weighted by Crippen LogP contribution is -2.44. The first kappa shape index (κ1) is 9.98. The molecule has 1 amide bonds. The van der Waals surface area contributed by atoms with E-state index in [-0.39, 0.29) is 5.91 Å². The summed E-state index contributed by atoms with van der Waals surface area (Å²) in [7, 11) is 0. The number of carboxylic acids is 1. The molecule has 0 radical (unpaired) electrons. The summed E-state index contributed by atoms with van der Waals surface area (Å²) in [5, 5.41) is 8.60. The third kappa shape index (κ3) is 2.42. The van der Waals surface area contributed by atoms with E-state index in [1.54, 1.807) is 0 Å². The average Bonchev–Trinajstić information content (AvgIpc) is 2.17. The first-order chi connectivity index (χ1) is 6.13. The van der Waals surface area contributed by atoms with Gasteiger partial charge in [0.15, 0.2) is 0 Å². The topological polar surface area (TPSA) is 66.8 Å². The second kappa shape index (κ2) is 4.23. The Morgan fingerprint density at radius 2 is 1.92 bits per heavy atom. The summed E-state index contributed by atoms with van der Waals surface area (Å²) in [6, 6.07) is 0. The zero-order chi connectivity index (χ0) is 9.84. The van der Waals surface area contributed by atoms with Gasteiger partial charge in [-0.25, -0.2) is 0 Å². The summed E-state index contributed by atoms with van der Waals surface area (Å²) in [4.78, 5) is 23.5. The van der Waals surface area contributed by atoms with Gasteiger partial charge in [0.05, 0.1) is 13.2 Å². The Hall–Kier alpha value is -1.10. The quantitative estimate of drug-likeness (QED) is 0.595. The van der Waals surface area contributed by atoms with Gasteiger partial charge < -0.3 is 14.7 Å². The molecule has 13 heavy (non-hydrogen) atoms. The molecular weight excluding hydrogens is 174 g/mol. The summed E-state index contributed by atoms with van der Waals surface area (Å²) < 4.78 is 5.05. The van der Waals surface area contributed by atoms with E-state index < -0.39 is 11.9 Å². The number of carbonyl (C=O) groups excluding carboxylic acids is 1. The smallest absolute Gasteiger partial charge is 0.315 e. The standard InChI is InChI=1S/C8H13NO4/c1-6(8(11)12)7(10)9-2-4-13-5-3-9/h6H,2-5H2,1H3,(H,11,12). The van der Waals surface area contributed by atoms with E-state index >= 15 is 0 Å². The minimum absolute atomic E-state index is 0.323. The van der Waals surface area contributed by atoms with E-state index in [0.717, 1.165) is 0 Å². The van der Waals surface area contributed by atoms with Crippen LogP contribution in [0, 0.1) is 5.92 Å². The van der Waals surface area contributed by atoms with Gasteiger partial charge in [-0.05, 0) is 6.92 Å². The highest BCUT2D eigenvalue weighted by Crippen LogP contribution is 2.05. The van der Waals surface area contributed by atoms with E-state index in [2.05, 4.69) is 0 Å². The number of aliphatic carboxylic acids is 1. The molecule has 1 aliphatic rings. The Kier molecular flexibility index (Phi) is 3.25. The van der Waals surface area contributed by atoms with Crippen molar-refractivity contribution in [3.05, 3.63) is 0 Å². The molecule has 1 saturated heterocycles. The Bertz CT molecular complexity index is 210. The fraction of sp³-hybridized carbons (Fsp3) is 0.750. The molecule has 5 nitrogen and oxygen atoms in total. The van der Waals surface area contributed by atoms with Crippen LogP contribution in [0.25, 0.3) is 0 Å². The molecule has 1 N–H and O–H groups in total.